The Morgan fingerprint density at radius 3 is 2.70 bits per heavy atom. The molecule has 0 aromatic heterocycles. The van der Waals surface area contributed by atoms with Crippen LogP contribution in [0.15, 0.2) is 40.9 Å². The normalized spacial score (nSPS) is 9.85. The monoisotopic (exact) mass is 335 g/mol. The van der Waals surface area contributed by atoms with Gasteiger partial charge in [0.2, 0.25) is 0 Å². The number of nitriles is 1. The Morgan fingerprint density at radius 1 is 1.35 bits per heavy atom. The van der Waals surface area contributed by atoms with Crippen molar-refractivity contribution in [2.75, 3.05) is 0 Å². The fourth-order valence-corrected chi connectivity index (χ4v) is 2.09. The number of hydrogen-bond donors (Lipinski definition) is 1. The Morgan fingerprint density at radius 2 is 2.10 bits per heavy atom. The van der Waals surface area contributed by atoms with Crippen LogP contribution in [0.1, 0.15) is 15.9 Å². The zero-order valence-electron chi connectivity index (χ0n) is 9.93. The molecule has 0 aliphatic rings. The minimum absolute atomic E-state index is 0.0717. The largest absolute Gasteiger partial charge is 0.478 e. The van der Waals surface area contributed by atoms with E-state index in [-0.39, 0.29) is 16.9 Å². The summed E-state index contributed by atoms with van der Waals surface area (Å²) in [6.45, 7) is 0. The second kappa shape index (κ2) is 5.72. The first kappa shape index (κ1) is 14.0. The Hall–Kier alpha value is -2.39. The molecule has 0 amide bonds. The van der Waals surface area contributed by atoms with Crippen LogP contribution >= 0.6 is 15.9 Å². The molecule has 4 nitrogen and oxygen atoms in total. The summed E-state index contributed by atoms with van der Waals surface area (Å²) in [5, 5.41) is 17.8. The molecule has 0 saturated carbocycles. The van der Waals surface area contributed by atoms with Crippen LogP contribution in [0.2, 0.25) is 0 Å². The first-order chi connectivity index (χ1) is 9.52. The number of hydrogen-bond acceptors (Lipinski definition) is 3. The molecule has 100 valence electrons. The van der Waals surface area contributed by atoms with Crippen molar-refractivity contribution in [2.45, 2.75) is 0 Å². The van der Waals surface area contributed by atoms with Crippen molar-refractivity contribution in [3.8, 4) is 17.6 Å². The molecular weight excluding hydrogens is 329 g/mol. The topological polar surface area (TPSA) is 70.3 Å². The quantitative estimate of drug-likeness (QED) is 0.921. The highest BCUT2D eigenvalue weighted by Gasteiger charge is 2.12. The number of carbonyl (C=O) groups is 1. The summed E-state index contributed by atoms with van der Waals surface area (Å²) in [7, 11) is 0. The van der Waals surface area contributed by atoms with Gasteiger partial charge in [0.25, 0.3) is 0 Å². The summed E-state index contributed by atoms with van der Waals surface area (Å²) in [5.41, 5.74) is -0.122. The number of carboxylic acid groups (broad SMARTS) is 1. The van der Waals surface area contributed by atoms with Gasteiger partial charge in [-0.25, -0.2) is 9.18 Å². The van der Waals surface area contributed by atoms with E-state index in [0.29, 0.717) is 10.2 Å². The Labute approximate surface area is 122 Å². The number of ether oxygens (including phenoxy) is 1. The maximum absolute atomic E-state index is 13.4. The second-order valence-electron chi connectivity index (χ2n) is 3.77. The summed E-state index contributed by atoms with van der Waals surface area (Å²) in [5.74, 6) is -1.38. The fraction of sp³-hybridized carbons (Fsp3) is 0. The van der Waals surface area contributed by atoms with E-state index in [4.69, 9.17) is 15.1 Å². The summed E-state index contributed by atoms with van der Waals surface area (Å²) in [6.07, 6.45) is 0. The minimum Gasteiger partial charge on any atom is -0.478 e. The summed E-state index contributed by atoms with van der Waals surface area (Å²) >= 11 is 3.11. The molecule has 0 saturated heterocycles. The summed E-state index contributed by atoms with van der Waals surface area (Å²) in [4.78, 5) is 10.9. The highest BCUT2D eigenvalue weighted by molar-refractivity contribution is 9.10. The van der Waals surface area contributed by atoms with Crippen LogP contribution in [0.25, 0.3) is 0 Å². The molecule has 0 atom stereocenters. The lowest BCUT2D eigenvalue weighted by atomic mass is 10.2. The van der Waals surface area contributed by atoms with Crippen molar-refractivity contribution in [3.05, 3.63) is 57.8 Å². The molecule has 2 rings (SSSR count). The Balaban J connectivity index is 2.37. The average Bonchev–Trinajstić information content (AvgIpc) is 2.38. The molecule has 6 heteroatoms. The van der Waals surface area contributed by atoms with Crippen LogP contribution in [-0.2, 0) is 0 Å². The van der Waals surface area contributed by atoms with Crippen molar-refractivity contribution in [3.63, 3.8) is 0 Å². The van der Waals surface area contributed by atoms with Gasteiger partial charge in [0, 0.05) is 4.47 Å². The van der Waals surface area contributed by atoms with Crippen molar-refractivity contribution >= 4 is 21.9 Å². The van der Waals surface area contributed by atoms with Gasteiger partial charge in [0.05, 0.1) is 5.56 Å². The van der Waals surface area contributed by atoms with Crippen LogP contribution < -0.4 is 4.74 Å². The lowest BCUT2D eigenvalue weighted by Gasteiger charge is -2.09. The third-order valence-electron chi connectivity index (χ3n) is 2.49. The van der Waals surface area contributed by atoms with Gasteiger partial charge in [0.1, 0.15) is 28.9 Å². The SMILES string of the molecule is N#Cc1c(F)cccc1Oc1ccc(C(=O)O)c(Br)c1. The number of nitrogens with zero attached hydrogens (tertiary/aromatic N) is 1. The third-order valence-corrected chi connectivity index (χ3v) is 3.14. The van der Waals surface area contributed by atoms with E-state index in [0.717, 1.165) is 6.07 Å². The van der Waals surface area contributed by atoms with Gasteiger partial charge in [-0.2, -0.15) is 5.26 Å². The number of rotatable bonds is 3. The molecule has 2 aromatic carbocycles. The average molecular weight is 336 g/mol. The molecular formula is C14H7BrFNO3. The van der Waals surface area contributed by atoms with Crippen molar-refractivity contribution in [1.82, 2.24) is 0 Å². The molecule has 0 heterocycles. The minimum atomic E-state index is -1.08. The van der Waals surface area contributed by atoms with Crippen LogP contribution in [0.3, 0.4) is 0 Å². The number of aromatic carboxylic acids is 1. The summed E-state index contributed by atoms with van der Waals surface area (Å²) in [6, 6.07) is 9.99. The fourth-order valence-electron chi connectivity index (χ4n) is 1.56. The van der Waals surface area contributed by atoms with Gasteiger partial charge in [-0.05, 0) is 46.3 Å². The van der Waals surface area contributed by atoms with Crippen molar-refractivity contribution in [1.29, 1.82) is 5.26 Å². The van der Waals surface area contributed by atoms with Crippen LogP contribution in [0.4, 0.5) is 4.39 Å². The third kappa shape index (κ3) is 2.78. The van der Waals surface area contributed by atoms with Crippen LogP contribution in [0.5, 0.6) is 11.5 Å². The first-order valence-corrected chi connectivity index (χ1v) is 6.21. The zero-order valence-corrected chi connectivity index (χ0v) is 11.5. The van der Waals surface area contributed by atoms with Gasteiger partial charge in [-0.3, -0.25) is 0 Å². The molecule has 0 aliphatic carbocycles. The second-order valence-corrected chi connectivity index (χ2v) is 4.63. The molecule has 0 unspecified atom stereocenters. The van der Waals surface area contributed by atoms with Crippen LogP contribution in [0, 0.1) is 17.1 Å². The standard InChI is InChI=1S/C14H7BrFNO3/c15-11-6-8(4-5-9(11)14(18)19)20-13-3-1-2-12(16)10(13)7-17/h1-6H,(H,18,19). The molecule has 1 N–H and O–H groups in total. The molecule has 2 aromatic rings. The lowest BCUT2D eigenvalue weighted by Crippen LogP contribution is -1.98. The molecule has 0 bridgehead atoms. The first-order valence-electron chi connectivity index (χ1n) is 5.42. The zero-order chi connectivity index (χ0) is 14.7. The van der Waals surface area contributed by atoms with Gasteiger partial charge in [0.15, 0.2) is 0 Å². The van der Waals surface area contributed by atoms with Crippen molar-refractivity contribution in [2.24, 2.45) is 0 Å². The lowest BCUT2D eigenvalue weighted by molar-refractivity contribution is 0.0696. The maximum atomic E-state index is 13.4. The van der Waals surface area contributed by atoms with Gasteiger partial charge >= 0.3 is 5.97 Å². The molecule has 20 heavy (non-hydrogen) atoms. The van der Waals surface area contributed by atoms with E-state index in [9.17, 15) is 9.18 Å². The number of carboxylic acids is 1. The van der Waals surface area contributed by atoms with Crippen molar-refractivity contribution < 1.29 is 19.0 Å². The Kier molecular flexibility index (Phi) is 4.01. The molecule has 0 spiro atoms. The smallest absolute Gasteiger partial charge is 0.336 e. The highest BCUT2D eigenvalue weighted by Crippen LogP contribution is 2.29. The van der Waals surface area contributed by atoms with E-state index in [1.165, 1.54) is 30.3 Å². The van der Waals surface area contributed by atoms with E-state index in [1.54, 1.807) is 6.07 Å². The molecule has 0 radical (unpaired) electrons. The highest BCUT2D eigenvalue weighted by atomic mass is 79.9. The molecule has 0 fully saturated rings. The van der Waals surface area contributed by atoms with E-state index in [1.807, 2.05) is 0 Å². The van der Waals surface area contributed by atoms with E-state index in [2.05, 4.69) is 15.9 Å². The number of benzene rings is 2. The molecule has 0 aliphatic heterocycles. The Bertz CT molecular complexity index is 725. The van der Waals surface area contributed by atoms with Gasteiger partial charge in [-0.1, -0.05) is 6.07 Å². The van der Waals surface area contributed by atoms with Gasteiger partial charge < -0.3 is 9.84 Å². The van der Waals surface area contributed by atoms with Gasteiger partial charge in [-0.15, -0.1) is 0 Å². The van der Waals surface area contributed by atoms with E-state index >= 15 is 0 Å². The predicted octanol–water partition coefficient (Wildman–Crippen LogP) is 3.95. The van der Waals surface area contributed by atoms with Crippen LogP contribution in [-0.4, -0.2) is 11.1 Å². The maximum Gasteiger partial charge on any atom is 0.336 e. The van der Waals surface area contributed by atoms with E-state index < -0.39 is 11.8 Å². The summed E-state index contributed by atoms with van der Waals surface area (Å²) < 4.78 is 19.2. The predicted molar refractivity (Wildman–Crippen MR) is 72.3 cm³/mol. The number of halogens is 2.